The molecule has 3 fully saturated rings. The van der Waals surface area contributed by atoms with Crippen molar-refractivity contribution in [3.63, 3.8) is 0 Å². The van der Waals surface area contributed by atoms with E-state index in [1.54, 1.807) is 109 Å². The predicted molar refractivity (Wildman–Crippen MR) is 326 cm³/mol. The highest BCUT2D eigenvalue weighted by Crippen LogP contribution is 2.33. The lowest BCUT2D eigenvalue weighted by Crippen LogP contribution is -2.52. The molecule has 0 saturated carbocycles. The molecule has 6 aliphatic heterocycles. The summed E-state index contributed by atoms with van der Waals surface area (Å²) < 4.78 is 0. The first-order chi connectivity index (χ1) is 44.7. The predicted octanol–water partition coefficient (Wildman–Crippen LogP) is 3.70. The number of rotatable bonds is 15. The molecule has 0 bridgehead atoms. The van der Waals surface area contributed by atoms with Crippen LogP contribution in [0, 0.1) is 13.5 Å². The maximum absolute atomic E-state index is 12.9. The van der Waals surface area contributed by atoms with Crippen molar-refractivity contribution >= 4 is 93.9 Å². The summed E-state index contributed by atoms with van der Waals surface area (Å²) in [4.78, 5) is 191. The van der Waals surface area contributed by atoms with E-state index in [4.69, 9.17) is 6.57 Å². The minimum Gasteiger partial charge on any atom is -0.345 e. The van der Waals surface area contributed by atoms with Crippen LogP contribution in [0.1, 0.15) is 140 Å². The number of Topliss-reactive ketones (excluding diaryl/α,β-unsaturated/α-hetero) is 3. The highest BCUT2D eigenvalue weighted by atomic mass is 16.2. The Morgan fingerprint density at radius 2 is 0.731 bits per heavy atom. The van der Waals surface area contributed by atoms with Gasteiger partial charge in [0.1, 0.15) is 18.1 Å². The molecule has 3 atom stereocenters. The van der Waals surface area contributed by atoms with Gasteiger partial charge in [-0.1, -0.05) is 121 Å². The molecule has 0 radical (unpaired) electrons. The number of nitrogens with zero attached hydrogens (tertiary/aromatic N) is 4. The first kappa shape index (κ1) is 64.1. The molecule has 6 N–H and O–H groups in total. The number of benzene rings is 6. The van der Waals surface area contributed by atoms with Crippen molar-refractivity contribution in [2.45, 2.75) is 103 Å². The topological polar surface area (TPSA) is 342 Å². The average Bonchev–Trinajstić information content (AvgIpc) is 1.65. The maximum atomic E-state index is 12.9. The third-order valence-corrected chi connectivity index (χ3v) is 16.6. The molecule has 6 aromatic carbocycles. The van der Waals surface area contributed by atoms with E-state index in [9.17, 15) is 71.9 Å². The number of hydrogen-bond donors (Lipinski definition) is 6. The lowest BCUT2D eigenvalue weighted by Gasteiger charge is -2.29. The smallest absolute Gasteiger partial charge is 0.292 e. The van der Waals surface area contributed by atoms with Crippen molar-refractivity contribution in [2.24, 2.45) is 0 Å². The van der Waals surface area contributed by atoms with Gasteiger partial charge in [0.15, 0.2) is 5.69 Å². The minimum absolute atomic E-state index is 0.0321. The Morgan fingerprint density at radius 3 is 1.04 bits per heavy atom. The fraction of sp³-hybridized carbons (Fsp3) is 0.235. The van der Waals surface area contributed by atoms with Gasteiger partial charge in [-0.05, 0) is 77.8 Å². The van der Waals surface area contributed by atoms with Crippen molar-refractivity contribution < 1.29 is 71.9 Å². The average molecular weight is 1260 g/mol. The van der Waals surface area contributed by atoms with Crippen LogP contribution in [0.4, 0.5) is 5.69 Å². The van der Waals surface area contributed by atoms with Crippen LogP contribution in [0.25, 0.3) is 4.85 Å². The highest BCUT2D eigenvalue weighted by Gasteiger charge is 2.43. The molecule has 25 nitrogen and oxygen atoms in total. The van der Waals surface area contributed by atoms with E-state index >= 15 is 0 Å². The summed E-state index contributed by atoms with van der Waals surface area (Å²) in [7, 11) is 0. The summed E-state index contributed by atoms with van der Waals surface area (Å²) in [5.41, 5.74) is 7.64. The summed E-state index contributed by atoms with van der Waals surface area (Å²) in [5.74, 6) is -7.61. The van der Waals surface area contributed by atoms with Crippen LogP contribution in [0.5, 0.6) is 0 Å². The molecule has 470 valence electrons. The molecule has 25 heteroatoms. The molecular formula is C68H58N10O15. The van der Waals surface area contributed by atoms with Crippen molar-refractivity contribution in [3.05, 3.63) is 217 Å². The van der Waals surface area contributed by atoms with Gasteiger partial charge in [-0.3, -0.25) is 87.9 Å². The Kier molecular flexibility index (Phi) is 19.2. The zero-order chi connectivity index (χ0) is 66.2. The molecule has 0 aliphatic carbocycles. The molecule has 3 unspecified atom stereocenters. The van der Waals surface area contributed by atoms with Gasteiger partial charge in [0, 0.05) is 91.9 Å². The number of amides is 12. The monoisotopic (exact) mass is 1250 g/mol. The van der Waals surface area contributed by atoms with Crippen LogP contribution in [-0.2, 0) is 82.4 Å². The number of carbonyl (C=O) groups excluding carboxylic acids is 15. The lowest BCUT2D eigenvalue weighted by atomic mass is 10.0. The van der Waals surface area contributed by atoms with Gasteiger partial charge >= 0.3 is 0 Å². The third kappa shape index (κ3) is 14.1. The molecule has 0 spiro atoms. The molecule has 6 heterocycles. The van der Waals surface area contributed by atoms with Gasteiger partial charge in [-0.25, -0.2) is 4.85 Å². The van der Waals surface area contributed by atoms with E-state index in [1.807, 2.05) is 6.92 Å². The minimum atomic E-state index is -0.801. The van der Waals surface area contributed by atoms with E-state index in [-0.39, 0.29) is 119 Å². The number of imide groups is 3. The number of piperidine rings is 3. The van der Waals surface area contributed by atoms with Crippen LogP contribution >= 0.6 is 0 Å². The molecule has 6 aliphatic rings. The summed E-state index contributed by atoms with van der Waals surface area (Å²) >= 11 is 0. The van der Waals surface area contributed by atoms with Crippen molar-refractivity contribution in [1.29, 1.82) is 0 Å². The van der Waals surface area contributed by atoms with E-state index in [0.717, 1.165) is 5.56 Å². The molecule has 93 heavy (non-hydrogen) atoms. The van der Waals surface area contributed by atoms with Crippen molar-refractivity contribution in [3.8, 4) is 0 Å². The quantitative estimate of drug-likeness (QED) is 0.0370. The Balaban J connectivity index is 0.000000153. The third-order valence-electron chi connectivity index (χ3n) is 16.6. The molecule has 3 saturated heterocycles. The van der Waals surface area contributed by atoms with E-state index in [2.05, 4.69) is 36.7 Å². The fourth-order valence-corrected chi connectivity index (χ4v) is 11.6. The largest absolute Gasteiger partial charge is 0.345 e. The van der Waals surface area contributed by atoms with Crippen molar-refractivity contribution in [1.82, 2.24) is 46.6 Å². The SMILES string of the molecule is Cc1ccc(C(=O)C(=O)NCc2cccc3c2CN(C2CCC(=O)NC2=O)C3=O)cc1.O=C1CCC(N2Cc3c(CNC(=O)C(=O)c4ccccc4)cccc3C2=O)C(=O)N1.[C-]#[N+]c1ccc(C(=O)C(=O)NCc2cccc3c2CN(C2CCC(=O)NC2=O)C3=O)cc1. The zero-order valence-corrected chi connectivity index (χ0v) is 49.8. The number of hydrogen-bond acceptors (Lipinski definition) is 15. The van der Waals surface area contributed by atoms with Gasteiger partial charge in [0.05, 0.1) is 6.57 Å². The first-order valence-electron chi connectivity index (χ1n) is 29.5. The van der Waals surface area contributed by atoms with E-state index < -0.39 is 70.9 Å². The second-order valence-corrected chi connectivity index (χ2v) is 22.5. The Hall–Kier alpha value is -11.9. The summed E-state index contributed by atoms with van der Waals surface area (Å²) in [6.07, 6.45) is 1.35. The van der Waals surface area contributed by atoms with Crippen LogP contribution in [0.3, 0.4) is 0 Å². The number of ketones is 3. The second-order valence-electron chi connectivity index (χ2n) is 22.5. The summed E-state index contributed by atoms with van der Waals surface area (Å²) in [5, 5.41) is 14.6. The zero-order valence-electron chi connectivity index (χ0n) is 49.8. The molecule has 6 aromatic rings. The molecule has 0 aromatic heterocycles. The van der Waals surface area contributed by atoms with Gasteiger partial charge in [-0.2, -0.15) is 0 Å². The maximum Gasteiger partial charge on any atom is 0.292 e. The Bertz CT molecular complexity index is 4220. The number of aryl methyl sites for hydroxylation is 1. The second kappa shape index (κ2) is 27.8. The van der Waals surface area contributed by atoms with Gasteiger partial charge < -0.3 is 30.7 Å². The lowest BCUT2D eigenvalue weighted by molar-refractivity contribution is -0.138. The summed E-state index contributed by atoms with van der Waals surface area (Å²) in [6.45, 7) is 9.62. The van der Waals surface area contributed by atoms with Crippen LogP contribution in [-0.4, -0.2) is 121 Å². The molecular weight excluding hydrogens is 1200 g/mol. The number of fused-ring (bicyclic) bond motifs is 3. The van der Waals surface area contributed by atoms with Crippen LogP contribution < -0.4 is 31.9 Å². The number of carbonyl (C=O) groups is 15. The fourth-order valence-electron chi connectivity index (χ4n) is 11.6. The Morgan fingerprint density at radius 1 is 0.419 bits per heavy atom. The summed E-state index contributed by atoms with van der Waals surface area (Å²) in [6, 6.07) is 34.0. The van der Waals surface area contributed by atoms with E-state index in [1.165, 1.54) is 39.0 Å². The molecule has 12 amide bonds. The van der Waals surface area contributed by atoms with Gasteiger partial charge in [0.25, 0.3) is 35.4 Å². The molecule has 12 rings (SSSR count). The highest BCUT2D eigenvalue weighted by molar-refractivity contribution is 6.43. The van der Waals surface area contributed by atoms with Crippen LogP contribution in [0.15, 0.2) is 133 Å². The van der Waals surface area contributed by atoms with E-state index in [0.29, 0.717) is 66.9 Å². The van der Waals surface area contributed by atoms with Crippen LogP contribution in [0.2, 0.25) is 0 Å². The van der Waals surface area contributed by atoms with Crippen molar-refractivity contribution in [2.75, 3.05) is 0 Å². The first-order valence-corrected chi connectivity index (χ1v) is 29.5. The normalized spacial score (nSPS) is 17.8. The number of nitrogens with one attached hydrogen (secondary N) is 6. The Labute approximate surface area is 530 Å². The van der Waals surface area contributed by atoms with Gasteiger partial charge in [-0.15, -0.1) is 0 Å². The standard InChI is InChI=1S/C23H18N4O5.C23H21N3O5.C22H19N3O5/c1-24-15-7-5-13(6-8-15)20(29)22(31)25-11-14-3-2-4-16-17(14)12-27(23(16)32)18-9-10-19(28)26-21(18)30;1-13-5-7-14(8-6-13)20(28)22(30)24-11-15-3-2-4-16-17(15)12-26(23(16)31)18-9-10-19(27)25-21(18)29;26-18-10-9-17(20(28)24-18)25-12-16-14(7-4-8-15(16)22(25)30)11-23-21(29)19(27)13-5-2-1-3-6-13/h2-8,18H,9-12H2,(H,25,31)(H,26,28,30);2-8,18H,9-12H2,1H3,(H,24,30)(H,25,27,29);1-8,17H,9-12H2,(H,23,29)(H,24,26,28). The van der Waals surface area contributed by atoms with Gasteiger partial charge in [0.2, 0.25) is 52.8 Å².